The van der Waals surface area contributed by atoms with Crippen molar-refractivity contribution in [1.82, 2.24) is 10.2 Å². The van der Waals surface area contributed by atoms with Crippen LogP contribution in [0.1, 0.15) is 18.9 Å². The Morgan fingerprint density at radius 3 is 3.14 bits per heavy atom. The van der Waals surface area contributed by atoms with Crippen molar-refractivity contribution in [3.05, 3.63) is 22.4 Å². The van der Waals surface area contributed by atoms with E-state index in [1.165, 1.54) is 18.5 Å². The van der Waals surface area contributed by atoms with Crippen LogP contribution in [0.25, 0.3) is 0 Å². The van der Waals surface area contributed by atoms with E-state index in [4.69, 9.17) is 0 Å². The maximum atomic E-state index is 3.43. The van der Waals surface area contributed by atoms with Gasteiger partial charge in [-0.05, 0) is 41.9 Å². The van der Waals surface area contributed by atoms with Crippen LogP contribution in [0.3, 0.4) is 0 Å². The molecule has 1 atom stereocenters. The summed E-state index contributed by atoms with van der Waals surface area (Å²) in [5.74, 6) is 0. The van der Waals surface area contributed by atoms with Gasteiger partial charge in [0.2, 0.25) is 0 Å². The first kappa shape index (κ1) is 10.1. The van der Waals surface area contributed by atoms with Crippen LogP contribution in [0.2, 0.25) is 0 Å². The quantitative estimate of drug-likeness (QED) is 0.817. The monoisotopic (exact) mass is 210 g/mol. The highest BCUT2D eigenvalue weighted by Crippen LogP contribution is 2.14. The second-order valence-electron chi connectivity index (χ2n) is 3.84. The Hall–Kier alpha value is -0.380. The molecule has 0 spiro atoms. The average molecular weight is 210 g/mol. The first-order valence-electron chi connectivity index (χ1n) is 5.36. The molecule has 1 fully saturated rings. The zero-order valence-electron chi connectivity index (χ0n) is 8.70. The highest BCUT2D eigenvalue weighted by molar-refractivity contribution is 7.07. The molecule has 1 N–H and O–H groups in total. The molecule has 0 aromatic carbocycles. The van der Waals surface area contributed by atoms with E-state index in [-0.39, 0.29) is 0 Å². The standard InChI is InChI=1S/C11H18N2S/c1-2-13(11-3-5-12-7-11)8-10-4-6-14-9-10/h4,6,9,11-12H,2-3,5,7-8H2,1H3. The Kier molecular flexibility index (Phi) is 3.56. The van der Waals surface area contributed by atoms with E-state index in [1.807, 2.05) is 0 Å². The molecule has 0 bridgehead atoms. The lowest BCUT2D eigenvalue weighted by Crippen LogP contribution is -2.35. The molecule has 0 aliphatic carbocycles. The molecule has 2 heterocycles. The van der Waals surface area contributed by atoms with Gasteiger partial charge in [-0.2, -0.15) is 11.3 Å². The molecule has 0 saturated carbocycles. The number of rotatable bonds is 4. The van der Waals surface area contributed by atoms with E-state index in [2.05, 4.69) is 34.0 Å². The predicted molar refractivity (Wildman–Crippen MR) is 61.7 cm³/mol. The maximum Gasteiger partial charge on any atom is 0.0245 e. The molecule has 14 heavy (non-hydrogen) atoms. The number of thiophene rings is 1. The summed E-state index contributed by atoms with van der Waals surface area (Å²) in [7, 11) is 0. The Morgan fingerprint density at radius 2 is 2.57 bits per heavy atom. The molecule has 2 nitrogen and oxygen atoms in total. The molecule has 78 valence electrons. The lowest BCUT2D eigenvalue weighted by atomic mass is 10.2. The van der Waals surface area contributed by atoms with E-state index < -0.39 is 0 Å². The van der Waals surface area contributed by atoms with Crippen molar-refractivity contribution < 1.29 is 0 Å². The second-order valence-corrected chi connectivity index (χ2v) is 4.62. The van der Waals surface area contributed by atoms with Gasteiger partial charge in [0.05, 0.1) is 0 Å². The van der Waals surface area contributed by atoms with E-state index in [0.29, 0.717) is 0 Å². The first-order chi connectivity index (χ1) is 6.90. The van der Waals surface area contributed by atoms with Gasteiger partial charge in [-0.3, -0.25) is 4.90 Å². The zero-order chi connectivity index (χ0) is 9.80. The van der Waals surface area contributed by atoms with Crippen LogP contribution in [0.4, 0.5) is 0 Å². The Bertz CT molecular complexity index is 252. The lowest BCUT2D eigenvalue weighted by Gasteiger charge is -2.26. The molecule has 1 saturated heterocycles. The molecule has 1 aliphatic rings. The summed E-state index contributed by atoms with van der Waals surface area (Å²) in [6.45, 7) is 6.88. The van der Waals surface area contributed by atoms with Gasteiger partial charge in [0.15, 0.2) is 0 Å². The molecule has 1 aliphatic heterocycles. The van der Waals surface area contributed by atoms with Crippen LogP contribution in [-0.4, -0.2) is 30.6 Å². The average Bonchev–Trinajstić information content (AvgIpc) is 2.86. The zero-order valence-corrected chi connectivity index (χ0v) is 9.52. The smallest absolute Gasteiger partial charge is 0.0245 e. The van der Waals surface area contributed by atoms with Crippen molar-refractivity contribution in [3.63, 3.8) is 0 Å². The van der Waals surface area contributed by atoms with Crippen LogP contribution >= 0.6 is 11.3 Å². The topological polar surface area (TPSA) is 15.3 Å². The van der Waals surface area contributed by atoms with Gasteiger partial charge in [-0.1, -0.05) is 6.92 Å². The van der Waals surface area contributed by atoms with Gasteiger partial charge in [0, 0.05) is 19.1 Å². The number of hydrogen-bond donors (Lipinski definition) is 1. The number of nitrogens with one attached hydrogen (secondary N) is 1. The van der Waals surface area contributed by atoms with Gasteiger partial charge in [0.25, 0.3) is 0 Å². The van der Waals surface area contributed by atoms with E-state index >= 15 is 0 Å². The van der Waals surface area contributed by atoms with E-state index in [9.17, 15) is 0 Å². The molecule has 1 aromatic heterocycles. The molecule has 1 unspecified atom stereocenters. The van der Waals surface area contributed by atoms with Crippen molar-refractivity contribution in [2.45, 2.75) is 25.9 Å². The predicted octanol–water partition coefficient (Wildman–Crippen LogP) is 1.93. The molecule has 0 amide bonds. The van der Waals surface area contributed by atoms with Gasteiger partial charge in [-0.25, -0.2) is 0 Å². The molecule has 0 radical (unpaired) electrons. The molecular weight excluding hydrogens is 192 g/mol. The van der Waals surface area contributed by atoms with Crippen LogP contribution in [0, 0.1) is 0 Å². The summed E-state index contributed by atoms with van der Waals surface area (Å²) in [6.07, 6.45) is 1.30. The summed E-state index contributed by atoms with van der Waals surface area (Å²) in [5, 5.41) is 7.85. The lowest BCUT2D eigenvalue weighted by molar-refractivity contribution is 0.210. The number of hydrogen-bond acceptors (Lipinski definition) is 3. The minimum Gasteiger partial charge on any atom is -0.315 e. The molecule has 3 heteroatoms. The third-order valence-electron chi connectivity index (χ3n) is 2.92. The van der Waals surface area contributed by atoms with Crippen LogP contribution in [-0.2, 0) is 6.54 Å². The Morgan fingerprint density at radius 1 is 1.64 bits per heavy atom. The van der Waals surface area contributed by atoms with E-state index in [1.54, 1.807) is 11.3 Å². The normalized spacial score (nSPS) is 22.0. The Balaban J connectivity index is 1.92. The largest absolute Gasteiger partial charge is 0.315 e. The fraction of sp³-hybridized carbons (Fsp3) is 0.636. The maximum absolute atomic E-state index is 3.43. The summed E-state index contributed by atoms with van der Waals surface area (Å²) >= 11 is 1.79. The van der Waals surface area contributed by atoms with Crippen LogP contribution in [0.15, 0.2) is 16.8 Å². The fourth-order valence-corrected chi connectivity index (χ4v) is 2.73. The van der Waals surface area contributed by atoms with Gasteiger partial charge in [0.1, 0.15) is 0 Å². The number of likely N-dealkylation sites (N-methyl/N-ethyl adjacent to an activating group) is 1. The van der Waals surface area contributed by atoms with Crippen molar-refractivity contribution in [2.75, 3.05) is 19.6 Å². The highest BCUT2D eigenvalue weighted by atomic mass is 32.1. The third kappa shape index (κ3) is 2.35. The second kappa shape index (κ2) is 4.91. The van der Waals surface area contributed by atoms with Crippen molar-refractivity contribution in [2.24, 2.45) is 0 Å². The Labute approximate surface area is 89.9 Å². The molecule has 2 rings (SSSR count). The molecular formula is C11H18N2S. The highest BCUT2D eigenvalue weighted by Gasteiger charge is 2.20. The minimum atomic E-state index is 0.750. The van der Waals surface area contributed by atoms with Gasteiger partial charge < -0.3 is 5.32 Å². The van der Waals surface area contributed by atoms with Crippen molar-refractivity contribution in [1.29, 1.82) is 0 Å². The van der Waals surface area contributed by atoms with Gasteiger partial charge >= 0.3 is 0 Å². The molecule has 1 aromatic rings. The SMILES string of the molecule is CCN(Cc1ccsc1)C1CCNC1. The van der Waals surface area contributed by atoms with Crippen molar-refractivity contribution in [3.8, 4) is 0 Å². The first-order valence-corrected chi connectivity index (χ1v) is 6.30. The van der Waals surface area contributed by atoms with Crippen LogP contribution in [0.5, 0.6) is 0 Å². The van der Waals surface area contributed by atoms with E-state index in [0.717, 1.165) is 25.7 Å². The summed E-state index contributed by atoms with van der Waals surface area (Å²) in [5.41, 5.74) is 1.46. The van der Waals surface area contributed by atoms with Gasteiger partial charge in [-0.15, -0.1) is 0 Å². The summed E-state index contributed by atoms with van der Waals surface area (Å²) in [4.78, 5) is 2.57. The summed E-state index contributed by atoms with van der Waals surface area (Å²) in [6, 6.07) is 2.98. The van der Waals surface area contributed by atoms with Crippen LogP contribution < -0.4 is 5.32 Å². The number of nitrogens with zero attached hydrogens (tertiary/aromatic N) is 1. The fourth-order valence-electron chi connectivity index (χ4n) is 2.07. The summed E-state index contributed by atoms with van der Waals surface area (Å²) < 4.78 is 0. The minimum absolute atomic E-state index is 0.750. The third-order valence-corrected chi connectivity index (χ3v) is 3.65. The van der Waals surface area contributed by atoms with Crippen molar-refractivity contribution >= 4 is 11.3 Å².